The lowest BCUT2D eigenvalue weighted by atomic mass is 10.1. The number of aromatic amines is 1. The summed E-state index contributed by atoms with van der Waals surface area (Å²) in [6, 6.07) is 3.62. The molecule has 0 aromatic carbocycles. The van der Waals surface area contributed by atoms with Crippen LogP contribution in [0.5, 0.6) is 0 Å². The normalized spacial score (nSPS) is 9.39. The van der Waals surface area contributed by atoms with Crippen molar-refractivity contribution in [3.8, 4) is 18.4 Å². The van der Waals surface area contributed by atoms with Gasteiger partial charge in [0, 0.05) is 5.69 Å². The Morgan fingerprint density at radius 2 is 1.83 bits per heavy atom. The third-order valence-electron chi connectivity index (χ3n) is 3.12. The molecular formula is C17H15Cl2N3O. The lowest BCUT2D eigenvalue weighted by molar-refractivity contribution is 1.10. The maximum absolute atomic E-state index is 11.0. The molecular weight excluding hydrogens is 333 g/mol. The SMILES string of the molecule is C#Cc1c(Cl)nc(C)c(Cl)c1C.Cc1cc(C)c(C#N)c(=O)[nH]1. The summed E-state index contributed by atoms with van der Waals surface area (Å²) in [5.41, 5.74) is 3.52. The van der Waals surface area contributed by atoms with Crippen molar-refractivity contribution in [2.75, 3.05) is 0 Å². The number of nitrogens with one attached hydrogen (secondary N) is 1. The summed E-state index contributed by atoms with van der Waals surface area (Å²) in [7, 11) is 0. The molecule has 1 N–H and O–H groups in total. The van der Waals surface area contributed by atoms with Crippen LogP contribution in [0, 0.1) is 51.4 Å². The molecule has 0 aliphatic rings. The predicted octanol–water partition coefficient (Wildman–Crippen LogP) is 3.85. The number of aromatic nitrogens is 2. The molecule has 0 radical (unpaired) electrons. The maximum Gasteiger partial charge on any atom is 0.266 e. The van der Waals surface area contributed by atoms with Crippen molar-refractivity contribution < 1.29 is 0 Å². The van der Waals surface area contributed by atoms with Crippen LogP contribution in [0.4, 0.5) is 0 Å². The highest BCUT2D eigenvalue weighted by molar-refractivity contribution is 6.34. The van der Waals surface area contributed by atoms with Crippen LogP contribution >= 0.6 is 23.2 Å². The molecule has 118 valence electrons. The second-order valence-electron chi connectivity index (χ2n) is 4.90. The molecule has 2 aromatic heterocycles. The van der Waals surface area contributed by atoms with E-state index in [4.69, 9.17) is 34.9 Å². The monoisotopic (exact) mass is 347 g/mol. The van der Waals surface area contributed by atoms with Gasteiger partial charge in [0.15, 0.2) is 0 Å². The molecule has 2 heterocycles. The summed E-state index contributed by atoms with van der Waals surface area (Å²) in [6.45, 7) is 7.16. The molecule has 4 nitrogen and oxygen atoms in total. The Kier molecular flexibility index (Phi) is 6.39. The average molecular weight is 348 g/mol. The van der Waals surface area contributed by atoms with E-state index in [9.17, 15) is 4.79 Å². The Balaban J connectivity index is 0.000000231. The van der Waals surface area contributed by atoms with Crippen molar-refractivity contribution in [1.29, 1.82) is 5.26 Å². The van der Waals surface area contributed by atoms with Crippen molar-refractivity contribution in [1.82, 2.24) is 9.97 Å². The molecule has 0 amide bonds. The molecule has 0 unspecified atom stereocenters. The van der Waals surface area contributed by atoms with Crippen LogP contribution in [0.25, 0.3) is 0 Å². The number of hydrogen-bond acceptors (Lipinski definition) is 3. The molecule has 0 spiro atoms. The van der Waals surface area contributed by atoms with Gasteiger partial charge in [-0.2, -0.15) is 5.26 Å². The van der Waals surface area contributed by atoms with Crippen molar-refractivity contribution in [2.24, 2.45) is 0 Å². The number of aryl methyl sites for hydroxylation is 3. The third-order valence-corrected chi connectivity index (χ3v) is 3.95. The zero-order valence-electron chi connectivity index (χ0n) is 13.2. The van der Waals surface area contributed by atoms with Gasteiger partial charge in [0.05, 0.1) is 16.3 Å². The van der Waals surface area contributed by atoms with Gasteiger partial charge in [0.25, 0.3) is 5.56 Å². The first-order valence-corrected chi connectivity index (χ1v) is 7.37. The highest BCUT2D eigenvalue weighted by atomic mass is 35.5. The first-order chi connectivity index (χ1) is 10.7. The second kappa shape index (κ2) is 7.83. The van der Waals surface area contributed by atoms with E-state index in [0.29, 0.717) is 21.4 Å². The number of nitrogens with zero attached hydrogens (tertiary/aromatic N) is 2. The van der Waals surface area contributed by atoms with Crippen LogP contribution < -0.4 is 5.56 Å². The topological polar surface area (TPSA) is 69.5 Å². The average Bonchev–Trinajstić information content (AvgIpc) is 2.45. The maximum atomic E-state index is 11.0. The molecule has 0 fully saturated rings. The molecule has 0 atom stereocenters. The summed E-state index contributed by atoms with van der Waals surface area (Å²) in [5.74, 6) is 2.45. The van der Waals surface area contributed by atoms with Gasteiger partial charge in [-0.3, -0.25) is 4.79 Å². The van der Waals surface area contributed by atoms with Gasteiger partial charge < -0.3 is 4.98 Å². The Morgan fingerprint density at radius 1 is 1.22 bits per heavy atom. The van der Waals surface area contributed by atoms with Gasteiger partial charge >= 0.3 is 0 Å². The fourth-order valence-electron chi connectivity index (χ4n) is 1.95. The van der Waals surface area contributed by atoms with Crippen molar-refractivity contribution in [2.45, 2.75) is 27.7 Å². The first-order valence-electron chi connectivity index (χ1n) is 6.62. The molecule has 23 heavy (non-hydrogen) atoms. The molecule has 0 saturated heterocycles. The van der Waals surface area contributed by atoms with Gasteiger partial charge in [0.1, 0.15) is 16.8 Å². The van der Waals surface area contributed by atoms with Crippen molar-refractivity contribution in [3.63, 3.8) is 0 Å². The number of pyridine rings is 2. The molecule has 6 heteroatoms. The molecule has 2 aromatic rings. The Labute approximate surface area is 145 Å². The minimum Gasteiger partial charge on any atom is -0.325 e. The quantitative estimate of drug-likeness (QED) is 0.581. The fraction of sp³-hybridized carbons (Fsp3) is 0.235. The summed E-state index contributed by atoms with van der Waals surface area (Å²) in [4.78, 5) is 17.6. The van der Waals surface area contributed by atoms with Crippen LogP contribution in [0.2, 0.25) is 10.2 Å². The molecule has 0 aliphatic carbocycles. The molecule has 2 rings (SSSR count). The number of hydrogen-bond donors (Lipinski definition) is 1. The number of rotatable bonds is 0. The lowest BCUT2D eigenvalue weighted by Crippen LogP contribution is -2.12. The van der Waals surface area contributed by atoms with Crippen LogP contribution in [0.3, 0.4) is 0 Å². The molecule has 0 aliphatic heterocycles. The van der Waals surface area contributed by atoms with E-state index in [1.807, 2.05) is 13.0 Å². The Morgan fingerprint density at radius 3 is 2.30 bits per heavy atom. The number of nitriles is 1. The number of halogens is 2. The Hall–Kier alpha value is -2.27. The van der Waals surface area contributed by atoms with Gasteiger partial charge in [-0.05, 0) is 44.9 Å². The zero-order chi connectivity index (χ0) is 17.7. The second-order valence-corrected chi connectivity index (χ2v) is 5.63. The van der Waals surface area contributed by atoms with Crippen LogP contribution in [0.15, 0.2) is 10.9 Å². The summed E-state index contributed by atoms with van der Waals surface area (Å²) >= 11 is 11.7. The van der Waals surface area contributed by atoms with E-state index in [2.05, 4.69) is 15.9 Å². The predicted molar refractivity (Wildman–Crippen MR) is 92.9 cm³/mol. The van der Waals surface area contributed by atoms with Crippen molar-refractivity contribution in [3.05, 3.63) is 60.2 Å². The standard InChI is InChI=1S/C9H7Cl2N.C8H8N2O/c1-4-7-5(2)8(10)6(3)12-9(7)11;1-5-3-6(2)10-8(11)7(5)4-9/h1H,2-3H3;3H,1-2H3,(H,10,11). The molecule has 0 saturated carbocycles. The minimum atomic E-state index is -0.301. The largest absolute Gasteiger partial charge is 0.325 e. The first kappa shape index (κ1) is 18.8. The summed E-state index contributed by atoms with van der Waals surface area (Å²) in [6.07, 6.45) is 5.24. The van der Waals surface area contributed by atoms with Crippen LogP contribution in [-0.2, 0) is 0 Å². The summed E-state index contributed by atoms with van der Waals surface area (Å²) in [5, 5.41) is 9.45. The van der Waals surface area contributed by atoms with E-state index in [-0.39, 0.29) is 11.1 Å². The number of terminal acetylenes is 1. The van der Waals surface area contributed by atoms with E-state index in [1.165, 1.54) is 0 Å². The third kappa shape index (κ3) is 4.36. The smallest absolute Gasteiger partial charge is 0.266 e. The highest BCUT2D eigenvalue weighted by Crippen LogP contribution is 2.26. The lowest BCUT2D eigenvalue weighted by Gasteiger charge is -2.05. The van der Waals surface area contributed by atoms with E-state index < -0.39 is 0 Å². The molecule has 0 bridgehead atoms. The van der Waals surface area contributed by atoms with E-state index in [1.54, 1.807) is 26.8 Å². The highest BCUT2D eigenvalue weighted by Gasteiger charge is 2.09. The zero-order valence-corrected chi connectivity index (χ0v) is 14.7. The van der Waals surface area contributed by atoms with Gasteiger partial charge in [-0.25, -0.2) is 4.98 Å². The minimum absolute atomic E-state index is 0.204. The van der Waals surface area contributed by atoms with Crippen LogP contribution in [0.1, 0.15) is 33.6 Å². The van der Waals surface area contributed by atoms with Crippen LogP contribution in [-0.4, -0.2) is 9.97 Å². The van der Waals surface area contributed by atoms with Gasteiger partial charge in [0.2, 0.25) is 0 Å². The van der Waals surface area contributed by atoms with Gasteiger partial charge in [-0.15, -0.1) is 6.42 Å². The van der Waals surface area contributed by atoms with E-state index in [0.717, 1.165) is 16.8 Å². The number of H-pyrrole nitrogens is 1. The summed E-state index contributed by atoms with van der Waals surface area (Å²) < 4.78 is 0. The van der Waals surface area contributed by atoms with E-state index >= 15 is 0 Å². The fourth-order valence-corrected chi connectivity index (χ4v) is 2.41. The van der Waals surface area contributed by atoms with Gasteiger partial charge in [-0.1, -0.05) is 29.1 Å². The van der Waals surface area contributed by atoms with Crippen molar-refractivity contribution >= 4 is 23.2 Å². The Bertz CT molecular complexity index is 887.